The molecule has 21 heavy (non-hydrogen) atoms. The Balaban J connectivity index is 2.51. The van der Waals surface area contributed by atoms with Crippen LogP contribution in [0, 0.1) is 0 Å². The molecular formula is C12H16NO7P. The maximum absolute atomic E-state index is 11.8. The van der Waals surface area contributed by atoms with Gasteiger partial charge in [-0.15, -0.1) is 0 Å². The van der Waals surface area contributed by atoms with E-state index >= 15 is 0 Å². The minimum absolute atomic E-state index is 0.0750. The van der Waals surface area contributed by atoms with Crippen LogP contribution in [0.2, 0.25) is 0 Å². The maximum Gasteiger partial charge on any atom is 0.516 e. The number of carbonyl (C=O) groups is 2. The van der Waals surface area contributed by atoms with Crippen LogP contribution in [0.5, 0.6) is 0 Å². The van der Waals surface area contributed by atoms with Gasteiger partial charge in [0.05, 0.1) is 0 Å². The molecule has 0 spiro atoms. The molecule has 0 aliphatic heterocycles. The van der Waals surface area contributed by atoms with Crippen LogP contribution in [0.1, 0.15) is 5.56 Å². The molecule has 1 aromatic rings. The molecule has 0 radical (unpaired) electrons. The van der Waals surface area contributed by atoms with Gasteiger partial charge in [0.25, 0.3) is 0 Å². The van der Waals surface area contributed by atoms with Crippen molar-refractivity contribution >= 4 is 19.7 Å². The van der Waals surface area contributed by atoms with Crippen molar-refractivity contribution in [3.63, 3.8) is 0 Å². The summed E-state index contributed by atoms with van der Waals surface area (Å²) < 4.78 is 29.9. The molecule has 0 saturated heterocycles. The molecule has 9 heteroatoms. The van der Waals surface area contributed by atoms with Crippen LogP contribution in [0.25, 0.3) is 0 Å². The Morgan fingerprint density at radius 1 is 1.19 bits per heavy atom. The van der Waals surface area contributed by atoms with Crippen molar-refractivity contribution in [2.45, 2.75) is 12.4 Å². The number of rotatable bonds is 6. The predicted molar refractivity (Wildman–Crippen MR) is 72.3 cm³/mol. The van der Waals surface area contributed by atoms with Gasteiger partial charge < -0.3 is 24.3 Å². The fraction of sp³-hybridized carbons (Fsp3) is 0.333. The van der Waals surface area contributed by atoms with E-state index in [0.717, 1.165) is 14.2 Å². The van der Waals surface area contributed by atoms with Gasteiger partial charge >= 0.3 is 19.7 Å². The maximum atomic E-state index is 11.8. The topological polar surface area (TPSA) is 114 Å². The van der Waals surface area contributed by atoms with E-state index in [4.69, 9.17) is 10.5 Å². The number of benzene rings is 1. The monoisotopic (exact) mass is 317 g/mol. The highest BCUT2D eigenvalue weighted by Gasteiger charge is 2.39. The summed E-state index contributed by atoms with van der Waals surface area (Å²) in [6.45, 7) is -0.0750. The Bertz CT molecular complexity index is 526. The number of nitrogens with two attached hydrogens (primary N) is 1. The third-order valence-corrected chi connectivity index (χ3v) is 4.38. The molecule has 2 N–H and O–H groups in total. The molecule has 1 atom stereocenters. The highest BCUT2D eigenvalue weighted by Crippen LogP contribution is 2.49. The zero-order valence-corrected chi connectivity index (χ0v) is 12.4. The Morgan fingerprint density at radius 2 is 1.76 bits per heavy atom. The second kappa shape index (κ2) is 7.90. The Morgan fingerprint density at radius 3 is 2.29 bits per heavy atom. The van der Waals surface area contributed by atoms with Crippen LogP contribution < -0.4 is 5.73 Å². The largest absolute Gasteiger partial charge is 0.516 e. The fourth-order valence-electron chi connectivity index (χ4n) is 1.32. The predicted octanol–water partition coefficient (Wildman–Crippen LogP) is 1.64. The first kappa shape index (κ1) is 17.3. The van der Waals surface area contributed by atoms with Crippen LogP contribution in [-0.2, 0) is 34.5 Å². The fourth-order valence-corrected chi connectivity index (χ4v) is 2.23. The third kappa shape index (κ3) is 4.95. The summed E-state index contributed by atoms with van der Waals surface area (Å²) in [7, 11) is -1.74. The smallest absolute Gasteiger partial charge is 0.429 e. The van der Waals surface area contributed by atoms with Gasteiger partial charge in [-0.1, -0.05) is 30.3 Å². The lowest BCUT2D eigenvalue weighted by Gasteiger charge is -2.18. The van der Waals surface area contributed by atoms with Crippen LogP contribution in [-0.4, -0.2) is 32.1 Å². The molecule has 0 aliphatic carbocycles. The second-order valence-electron chi connectivity index (χ2n) is 3.80. The lowest BCUT2D eigenvalue weighted by Crippen LogP contribution is -2.34. The zero-order chi connectivity index (χ0) is 15.9. The average molecular weight is 317 g/mol. The highest BCUT2D eigenvalue weighted by molar-refractivity contribution is 7.55. The summed E-state index contributed by atoms with van der Waals surface area (Å²) in [6.07, 6.45) is -1.25. The molecule has 116 valence electrons. The molecule has 0 saturated carbocycles. The van der Waals surface area contributed by atoms with Crippen molar-refractivity contribution in [3.05, 3.63) is 35.9 Å². The highest BCUT2D eigenvalue weighted by atomic mass is 31.2. The number of hydrogen-bond acceptors (Lipinski definition) is 8. The standard InChI is InChI=1S/C12H16NO7P/c1-17-21(16,18-2)10(13)11(14)20-12(15)19-8-9-6-4-3-5-7-9/h3-7,10H,8,13H2,1-2H3. The lowest BCUT2D eigenvalue weighted by molar-refractivity contribution is -0.139. The molecule has 8 nitrogen and oxygen atoms in total. The first-order valence-corrected chi connectivity index (χ1v) is 7.43. The van der Waals surface area contributed by atoms with Gasteiger partial charge in [0.2, 0.25) is 5.78 Å². The van der Waals surface area contributed by atoms with Crippen molar-refractivity contribution in [2.75, 3.05) is 14.2 Å². The van der Waals surface area contributed by atoms with E-state index in [9.17, 15) is 14.2 Å². The van der Waals surface area contributed by atoms with Crippen molar-refractivity contribution in [2.24, 2.45) is 5.73 Å². The van der Waals surface area contributed by atoms with Gasteiger partial charge in [0.15, 0.2) is 0 Å². The van der Waals surface area contributed by atoms with Gasteiger partial charge in [0, 0.05) is 14.2 Å². The molecule has 1 aromatic carbocycles. The number of carbonyl (C=O) groups excluding carboxylic acids is 2. The van der Waals surface area contributed by atoms with Gasteiger partial charge in [-0.25, -0.2) is 9.59 Å². The summed E-state index contributed by atoms with van der Waals surface area (Å²) in [6, 6.07) is 8.78. The van der Waals surface area contributed by atoms with Gasteiger partial charge in [0.1, 0.15) is 6.61 Å². The van der Waals surface area contributed by atoms with Gasteiger partial charge in [-0.2, -0.15) is 0 Å². The molecule has 0 amide bonds. The quantitative estimate of drug-likeness (QED) is 0.478. The van der Waals surface area contributed by atoms with Crippen molar-refractivity contribution in [1.29, 1.82) is 0 Å². The summed E-state index contributed by atoms with van der Waals surface area (Å²) >= 11 is 0. The molecule has 1 rings (SSSR count). The number of esters is 1. The summed E-state index contributed by atoms with van der Waals surface area (Å²) in [5.74, 6) is -3.00. The van der Waals surface area contributed by atoms with Crippen LogP contribution in [0.15, 0.2) is 30.3 Å². The average Bonchev–Trinajstić information content (AvgIpc) is 2.52. The van der Waals surface area contributed by atoms with E-state index in [2.05, 4.69) is 13.8 Å². The van der Waals surface area contributed by atoms with E-state index < -0.39 is 25.5 Å². The Hall–Kier alpha value is -1.73. The summed E-state index contributed by atoms with van der Waals surface area (Å²) in [5.41, 5.74) is 6.09. The van der Waals surface area contributed by atoms with Crippen molar-refractivity contribution in [1.82, 2.24) is 0 Å². The lowest BCUT2D eigenvalue weighted by atomic mass is 10.2. The molecule has 1 unspecified atom stereocenters. The Labute approximate surface area is 121 Å². The van der Waals surface area contributed by atoms with Gasteiger partial charge in [-0.05, 0) is 5.56 Å². The summed E-state index contributed by atoms with van der Waals surface area (Å²) in [5, 5.41) is 0. The molecule has 0 aromatic heterocycles. The van der Waals surface area contributed by atoms with Crippen LogP contribution in [0.3, 0.4) is 0 Å². The van der Waals surface area contributed by atoms with E-state index in [1.807, 2.05) is 0 Å². The number of ether oxygens (including phenoxy) is 2. The van der Waals surface area contributed by atoms with E-state index in [1.165, 1.54) is 0 Å². The molecule has 0 aliphatic rings. The zero-order valence-electron chi connectivity index (χ0n) is 11.6. The van der Waals surface area contributed by atoms with Gasteiger partial charge in [-0.3, -0.25) is 4.57 Å². The molecule has 0 bridgehead atoms. The Kier molecular flexibility index (Phi) is 6.51. The number of hydrogen-bond donors (Lipinski definition) is 1. The molecule has 0 heterocycles. The SMILES string of the molecule is COP(=O)(OC)C(N)C(=O)OC(=O)OCc1ccccc1. The first-order chi connectivity index (χ1) is 9.92. The van der Waals surface area contributed by atoms with Crippen molar-refractivity contribution in [3.8, 4) is 0 Å². The first-order valence-electron chi connectivity index (χ1n) is 5.82. The van der Waals surface area contributed by atoms with E-state index in [-0.39, 0.29) is 6.61 Å². The van der Waals surface area contributed by atoms with Crippen molar-refractivity contribution < 1.29 is 32.7 Å². The third-order valence-electron chi connectivity index (χ3n) is 2.47. The minimum atomic E-state index is -3.87. The van der Waals surface area contributed by atoms with E-state index in [0.29, 0.717) is 5.56 Å². The van der Waals surface area contributed by atoms with E-state index in [1.54, 1.807) is 30.3 Å². The van der Waals surface area contributed by atoms with Crippen LogP contribution in [0.4, 0.5) is 4.79 Å². The molecule has 0 fully saturated rings. The van der Waals surface area contributed by atoms with Crippen LogP contribution >= 0.6 is 7.60 Å². The summed E-state index contributed by atoms with van der Waals surface area (Å²) in [4.78, 5) is 22.9. The second-order valence-corrected chi connectivity index (χ2v) is 6.16. The normalized spacial score (nSPS) is 12.5. The molecular weight excluding hydrogens is 301 g/mol. The minimum Gasteiger partial charge on any atom is -0.429 e.